The Kier molecular flexibility index (Phi) is 5.68. The van der Waals surface area contributed by atoms with Crippen LogP contribution in [0.3, 0.4) is 0 Å². The molecule has 0 aliphatic carbocycles. The number of rotatable bonds is 5. The minimum Gasteiger partial charge on any atom is -0.325 e. The Balaban J connectivity index is 1.72. The predicted molar refractivity (Wildman–Crippen MR) is 107 cm³/mol. The Morgan fingerprint density at radius 3 is 2.38 bits per heavy atom. The fourth-order valence-corrected chi connectivity index (χ4v) is 3.27. The van der Waals surface area contributed by atoms with Crippen molar-refractivity contribution in [2.75, 3.05) is 5.32 Å². The molecule has 4 nitrogen and oxygen atoms in total. The summed E-state index contributed by atoms with van der Waals surface area (Å²) in [4.78, 5) is 21.5. The van der Waals surface area contributed by atoms with Gasteiger partial charge < -0.3 is 5.32 Å². The summed E-state index contributed by atoms with van der Waals surface area (Å²) in [6, 6.07) is 19.7. The van der Waals surface area contributed by atoms with E-state index in [1.165, 1.54) is 11.8 Å². The van der Waals surface area contributed by atoms with Crippen LogP contribution in [0, 0.1) is 13.8 Å². The number of thioether (sulfide) groups is 1. The van der Waals surface area contributed by atoms with Crippen molar-refractivity contribution in [2.24, 2.45) is 0 Å². The zero-order chi connectivity index (χ0) is 18.5. The molecule has 1 aromatic heterocycles. The van der Waals surface area contributed by atoms with Crippen LogP contribution in [0.2, 0.25) is 0 Å². The predicted octanol–water partition coefficient (Wildman–Crippen LogP) is 4.88. The smallest absolute Gasteiger partial charge is 0.237 e. The van der Waals surface area contributed by atoms with Gasteiger partial charge in [0.15, 0.2) is 5.16 Å². The number of aryl methyl sites for hydroxylation is 2. The van der Waals surface area contributed by atoms with Crippen LogP contribution in [0.15, 0.2) is 65.8 Å². The third kappa shape index (κ3) is 4.70. The van der Waals surface area contributed by atoms with E-state index in [0.29, 0.717) is 5.16 Å². The Hall–Kier alpha value is -2.66. The van der Waals surface area contributed by atoms with Crippen LogP contribution in [0.1, 0.15) is 18.2 Å². The average molecular weight is 363 g/mol. The van der Waals surface area contributed by atoms with Gasteiger partial charge in [0, 0.05) is 16.9 Å². The first-order valence-corrected chi connectivity index (χ1v) is 9.34. The molecule has 0 saturated heterocycles. The van der Waals surface area contributed by atoms with Gasteiger partial charge >= 0.3 is 0 Å². The van der Waals surface area contributed by atoms with Gasteiger partial charge in [-0.3, -0.25) is 4.79 Å². The van der Waals surface area contributed by atoms with E-state index >= 15 is 0 Å². The van der Waals surface area contributed by atoms with Crippen LogP contribution in [-0.2, 0) is 4.79 Å². The lowest BCUT2D eigenvalue weighted by Crippen LogP contribution is -2.22. The van der Waals surface area contributed by atoms with Gasteiger partial charge in [-0.25, -0.2) is 9.97 Å². The Labute approximate surface area is 158 Å². The van der Waals surface area contributed by atoms with Gasteiger partial charge in [0.2, 0.25) is 5.91 Å². The summed E-state index contributed by atoms with van der Waals surface area (Å²) < 4.78 is 0. The lowest BCUT2D eigenvalue weighted by atomic mass is 10.1. The molecule has 0 saturated carbocycles. The number of amides is 1. The molecular weight excluding hydrogens is 342 g/mol. The number of aromatic nitrogens is 2. The lowest BCUT2D eigenvalue weighted by Gasteiger charge is -2.12. The summed E-state index contributed by atoms with van der Waals surface area (Å²) in [7, 11) is 0. The van der Waals surface area contributed by atoms with Crippen molar-refractivity contribution < 1.29 is 4.79 Å². The highest BCUT2D eigenvalue weighted by atomic mass is 32.2. The van der Waals surface area contributed by atoms with E-state index < -0.39 is 0 Å². The number of nitrogens with zero attached hydrogens (tertiary/aromatic N) is 2. The van der Waals surface area contributed by atoms with E-state index in [4.69, 9.17) is 0 Å². The van der Waals surface area contributed by atoms with Crippen molar-refractivity contribution in [2.45, 2.75) is 31.2 Å². The molecule has 1 amide bonds. The second-order valence-corrected chi connectivity index (χ2v) is 7.47. The molecule has 0 fully saturated rings. The second kappa shape index (κ2) is 8.15. The summed E-state index contributed by atoms with van der Waals surface area (Å²) in [5, 5.41) is 3.24. The molecule has 1 heterocycles. The summed E-state index contributed by atoms with van der Waals surface area (Å²) in [5.41, 5.74) is 4.74. The Morgan fingerprint density at radius 1 is 1.00 bits per heavy atom. The van der Waals surface area contributed by atoms with Gasteiger partial charge in [0.1, 0.15) is 0 Å². The number of anilines is 1. The van der Waals surface area contributed by atoms with Crippen molar-refractivity contribution >= 4 is 23.4 Å². The maximum atomic E-state index is 12.5. The fourth-order valence-electron chi connectivity index (χ4n) is 2.44. The standard InChI is InChI=1S/C21H21N3OS/c1-14-9-11-18(12-10-14)23-20(25)16(3)26-21-22-15(2)13-19(24-21)17-7-5-4-6-8-17/h4-13,16H,1-3H3,(H,23,25)/t16-/m1/s1. The van der Waals surface area contributed by atoms with Gasteiger partial charge in [0.05, 0.1) is 10.9 Å². The van der Waals surface area contributed by atoms with Crippen LogP contribution in [0.25, 0.3) is 11.3 Å². The van der Waals surface area contributed by atoms with Gasteiger partial charge in [-0.15, -0.1) is 0 Å². The van der Waals surface area contributed by atoms with Crippen molar-refractivity contribution in [3.05, 3.63) is 71.9 Å². The molecule has 3 rings (SSSR count). The highest BCUT2D eigenvalue weighted by Crippen LogP contribution is 2.25. The van der Waals surface area contributed by atoms with Gasteiger partial charge in [-0.05, 0) is 39.0 Å². The highest BCUT2D eigenvalue weighted by molar-refractivity contribution is 8.00. The Bertz CT molecular complexity index is 895. The molecule has 0 aliphatic heterocycles. The van der Waals surface area contributed by atoms with Crippen LogP contribution in [-0.4, -0.2) is 21.1 Å². The van der Waals surface area contributed by atoms with Crippen LogP contribution in [0.4, 0.5) is 5.69 Å². The Morgan fingerprint density at radius 2 is 1.69 bits per heavy atom. The molecule has 5 heteroatoms. The van der Waals surface area contributed by atoms with E-state index in [1.807, 2.05) is 81.4 Å². The fraction of sp³-hybridized carbons (Fsp3) is 0.190. The number of nitrogens with one attached hydrogen (secondary N) is 1. The molecule has 1 atom stereocenters. The van der Waals surface area contributed by atoms with Crippen molar-refractivity contribution in [3.8, 4) is 11.3 Å². The number of carbonyl (C=O) groups is 1. The molecule has 1 N–H and O–H groups in total. The third-order valence-electron chi connectivity index (χ3n) is 3.87. The van der Waals surface area contributed by atoms with E-state index in [9.17, 15) is 4.79 Å². The van der Waals surface area contributed by atoms with Gasteiger partial charge in [-0.2, -0.15) is 0 Å². The first-order valence-electron chi connectivity index (χ1n) is 8.46. The van der Waals surface area contributed by atoms with E-state index in [1.54, 1.807) is 0 Å². The maximum Gasteiger partial charge on any atom is 0.237 e. The molecule has 0 radical (unpaired) electrons. The first kappa shape index (κ1) is 18.1. The minimum absolute atomic E-state index is 0.0646. The molecule has 0 aliphatic rings. The van der Waals surface area contributed by atoms with E-state index in [0.717, 1.165) is 28.2 Å². The van der Waals surface area contributed by atoms with Crippen LogP contribution in [0.5, 0.6) is 0 Å². The first-order chi connectivity index (χ1) is 12.5. The quantitative estimate of drug-likeness (QED) is 0.518. The monoisotopic (exact) mass is 363 g/mol. The topological polar surface area (TPSA) is 54.9 Å². The van der Waals surface area contributed by atoms with E-state index in [-0.39, 0.29) is 11.2 Å². The lowest BCUT2D eigenvalue weighted by molar-refractivity contribution is -0.115. The zero-order valence-electron chi connectivity index (χ0n) is 15.1. The summed E-state index contributed by atoms with van der Waals surface area (Å²) in [6.07, 6.45) is 0. The normalized spacial score (nSPS) is 11.8. The molecule has 3 aromatic rings. The SMILES string of the molecule is Cc1ccc(NC(=O)[C@@H](C)Sc2nc(C)cc(-c3ccccc3)n2)cc1. The number of hydrogen-bond acceptors (Lipinski definition) is 4. The molecular formula is C21H21N3OS. The highest BCUT2D eigenvalue weighted by Gasteiger charge is 2.17. The maximum absolute atomic E-state index is 12.5. The third-order valence-corrected chi connectivity index (χ3v) is 4.83. The molecule has 26 heavy (non-hydrogen) atoms. The zero-order valence-corrected chi connectivity index (χ0v) is 15.9. The van der Waals surface area contributed by atoms with Crippen molar-refractivity contribution in [1.82, 2.24) is 9.97 Å². The summed E-state index contributed by atoms with van der Waals surface area (Å²) in [5.74, 6) is -0.0646. The van der Waals surface area contributed by atoms with Crippen LogP contribution < -0.4 is 5.32 Å². The second-order valence-electron chi connectivity index (χ2n) is 6.16. The number of benzene rings is 2. The summed E-state index contributed by atoms with van der Waals surface area (Å²) in [6.45, 7) is 5.82. The van der Waals surface area contributed by atoms with Gasteiger partial charge in [0.25, 0.3) is 0 Å². The molecule has 2 aromatic carbocycles. The van der Waals surface area contributed by atoms with E-state index in [2.05, 4.69) is 15.3 Å². The number of hydrogen-bond donors (Lipinski definition) is 1. The average Bonchev–Trinajstić information content (AvgIpc) is 2.64. The van der Waals surface area contributed by atoms with Crippen molar-refractivity contribution in [3.63, 3.8) is 0 Å². The summed E-state index contributed by atoms with van der Waals surface area (Å²) >= 11 is 1.36. The largest absolute Gasteiger partial charge is 0.325 e. The van der Waals surface area contributed by atoms with Crippen molar-refractivity contribution in [1.29, 1.82) is 0 Å². The molecule has 0 unspecified atom stereocenters. The minimum atomic E-state index is -0.304. The molecule has 0 bridgehead atoms. The number of carbonyl (C=O) groups excluding carboxylic acids is 1. The molecule has 132 valence electrons. The van der Waals surface area contributed by atoms with Crippen LogP contribution >= 0.6 is 11.8 Å². The molecule has 0 spiro atoms. The van der Waals surface area contributed by atoms with Gasteiger partial charge in [-0.1, -0.05) is 59.8 Å².